The maximum Gasteiger partial charge on any atom is 0.343 e. The van der Waals surface area contributed by atoms with E-state index in [1.165, 1.54) is 19.2 Å². The van der Waals surface area contributed by atoms with Crippen LogP contribution in [0.4, 0.5) is 10.1 Å². The number of sulfonamides is 1. The van der Waals surface area contributed by atoms with Gasteiger partial charge in [0.25, 0.3) is 0 Å². The molecule has 0 aliphatic heterocycles. The standard InChI is InChI=1S/C18H19FN2O7S/c1-4-20(5-2)29(25,26)17-10-12(6-8-14(17)19)18(22)28-16-9-7-13(27-3)11-15(16)21(23)24/h6-11H,4-5H2,1-3H3. The summed E-state index contributed by atoms with van der Waals surface area (Å²) in [6.07, 6.45) is 0. The van der Waals surface area contributed by atoms with Gasteiger partial charge in [-0.15, -0.1) is 0 Å². The van der Waals surface area contributed by atoms with E-state index in [0.717, 1.165) is 28.6 Å². The number of methoxy groups -OCH3 is 1. The minimum Gasteiger partial charge on any atom is -0.496 e. The summed E-state index contributed by atoms with van der Waals surface area (Å²) < 4.78 is 50.4. The Morgan fingerprint density at radius 1 is 1.17 bits per heavy atom. The number of esters is 1. The summed E-state index contributed by atoms with van der Waals surface area (Å²) in [7, 11) is -2.85. The van der Waals surface area contributed by atoms with Gasteiger partial charge < -0.3 is 9.47 Å². The van der Waals surface area contributed by atoms with Crippen LogP contribution in [0.1, 0.15) is 24.2 Å². The van der Waals surface area contributed by atoms with Crippen molar-refractivity contribution in [2.75, 3.05) is 20.2 Å². The quantitative estimate of drug-likeness (QED) is 0.276. The van der Waals surface area contributed by atoms with E-state index in [9.17, 15) is 27.7 Å². The number of rotatable bonds is 8. The zero-order valence-corrected chi connectivity index (χ0v) is 16.7. The first-order chi connectivity index (χ1) is 13.6. The molecule has 2 aromatic carbocycles. The van der Waals surface area contributed by atoms with E-state index in [0.29, 0.717) is 0 Å². The first kappa shape index (κ1) is 22.2. The highest BCUT2D eigenvalue weighted by Gasteiger charge is 2.27. The van der Waals surface area contributed by atoms with Crippen molar-refractivity contribution in [3.63, 3.8) is 0 Å². The van der Waals surface area contributed by atoms with Crippen molar-refractivity contribution >= 4 is 21.7 Å². The molecular formula is C18H19FN2O7S. The van der Waals surface area contributed by atoms with Gasteiger partial charge in [0, 0.05) is 13.1 Å². The summed E-state index contributed by atoms with van der Waals surface area (Å²) >= 11 is 0. The lowest BCUT2D eigenvalue weighted by atomic mass is 10.2. The van der Waals surface area contributed by atoms with Crippen LogP contribution in [0, 0.1) is 15.9 Å². The number of carbonyl (C=O) groups excluding carboxylic acids is 1. The fourth-order valence-corrected chi connectivity index (χ4v) is 4.09. The van der Waals surface area contributed by atoms with E-state index in [1.807, 2.05) is 0 Å². The lowest BCUT2D eigenvalue weighted by molar-refractivity contribution is -0.385. The third-order valence-electron chi connectivity index (χ3n) is 4.06. The molecule has 0 aliphatic carbocycles. The summed E-state index contributed by atoms with van der Waals surface area (Å²) in [4.78, 5) is 22.2. The maximum atomic E-state index is 14.2. The van der Waals surface area contributed by atoms with Gasteiger partial charge in [-0.25, -0.2) is 17.6 Å². The molecule has 0 saturated heterocycles. The zero-order chi connectivity index (χ0) is 21.8. The number of hydrogen-bond acceptors (Lipinski definition) is 7. The van der Waals surface area contributed by atoms with Crippen molar-refractivity contribution in [1.82, 2.24) is 4.31 Å². The van der Waals surface area contributed by atoms with Gasteiger partial charge in [-0.1, -0.05) is 13.8 Å². The Balaban J connectivity index is 2.42. The van der Waals surface area contributed by atoms with Crippen LogP contribution in [-0.4, -0.2) is 43.8 Å². The molecule has 0 unspecified atom stereocenters. The Morgan fingerprint density at radius 2 is 1.83 bits per heavy atom. The van der Waals surface area contributed by atoms with E-state index in [2.05, 4.69) is 0 Å². The first-order valence-electron chi connectivity index (χ1n) is 8.50. The summed E-state index contributed by atoms with van der Waals surface area (Å²) in [5, 5.41) is 11.2. The number of hydrogen-bond donors (Lipinski definition) is 0. The smallest absolute Gasteiger partial charge is 0.343 e. The van der Waals surface area contributed by atoms with E-state index < -0.39 is 37.3 Å². The van der Waals surface area contributed by atoms with Crippen molar-refractivity contribution < 1.29 is 32.0 Å². The van der Waals surface area contributed by atoms with Gasteiger partial charge in [0.15, 0.2) is 0 Å². The van der Waals surface area contributed by atoms with E-state index in [-0.39, 0.29) is 30.2 Å². The Bertz CT molecular complexity index is 1040. The normalized spacial score (nSPS) is 11.3. The molecule has 2 aromatic rings. The number of nitro groups is 1. The van der Waals surface area contributed by atoms with E-state index in [1.54, 1.807) is 13.8 Å². The van der Waals surface area contributed by atoms with Crippen molar-refractivity contribution in [2.24, 2.45) is 0 Å². The molecule has 0 heterocycles. The summed E-state index contributed by atoms with van der Waals surface area (Å²) in [5.74, 6) is -2.28. The Morgan fingerprint density at radius 3 is 2.38 bits per heavy atom. The Hall–Kier alpha value is -3.05. The molecule has 0 atom stereocenters. The second-order valence-electron chi connectivity index (χ2n) is 5.71. The van der Waals surface area contributed by atoms with E-state index in [4.69, 9.17) is 9.47 Å². The molecular weight excluding hydrogens is 407 g/mol. The second-order valence-corrected chi connectivity index (χ2v) is 7.62. The average Bonchev–Trinajstić information content (AvgIpc) is 2.68. The monoisotopic (exact) mass is 426 g/mol. The van der Waals surface area contributed by atoms with Gasteiger partial charge >= 0.3 is 11.7 Å². The van der Waals surface area contributed by atoms with Crippen LogP contribution >= 0.6 is 0 Å². The van der Waals surface area contributed by atoms with Crippen LogP contribution in [0.5, 0.6) is 11.5 Å². The van der Waals surface area contributed by atoms with Crippen molar-refractivity contribution in [2.45, 2.75) is 18.7 Å². The highest BCUT2D eigenvalue weighted by Crippen LogP contribution is 2.32. The molecule has 0 aliphatic rings. The number of carbonyl (C=O) groups is 1. The lowest BCUT2D eigenvalue weighted by Gasteiger charge is -2.19. The topological polar surface area (TPSA) is 116 Å². The lowest BCUT2D eigenvalue weighted by Crippen LogP contribution is -2.31. The van der Waals surface area contributed by atoms with Gasteiger partial charge in [0.1, 0.15) is 16.5 Å². The molecule has 29 heavy (non-hydrogen) atoms. The fourth-order valence-electron chi connectivity index (χ4n) is 2.54. The molecule has 0 radical (unpaired) electrons. The Labute approximate surface area is 166 Å². The molecule has 0 saturated carbocycles. The highest BCUT2D eigenvalue weighted by atomic mass is 32.2. The number of benzene rings is 2. The van der Waals surface area contributed by atoms with Crippen LogP contribution in [-0.2, 0) is 10.0 Å². The summed E-state index contributed by atoms with van der Waals surface area (Å²) in [5.41, 5.74) is -0.793. The van der Waals surface area contributed by atoms with Gasteiger partial charge in [0.05, 0.1) is 23.7 Å². The average molecular weight is 426 g/mol. The van der Waals surface area contributed by atoms with Gasteiger partial charge in [-0.2, -0.15) is 4.31 Å². The second kappa shape index (κ2) is 8.97. The molecule has 0 aromatic heterocycles. The molecule has 11 heteroatoms. The van der Waals surface area contributed by atoms with Gasteiger partial charge in [0.2, 0.25) is 15.8 Å². The number of halogens is 1. The van der Waals surface area contributed by atoms with Crippen LogP contribution < -0.4 is 9.47 Å². The maximum absolute atomic E-state index is 14.2. The van der Waals surface area contributed by atoms with Gasteiger partial charge in [-0.05, 0) is 30.3 Å². The van der Waals surface area contributed by atoms with Crippen molar-refractivity contribution in [3.05, 3.63) is 57.9 Å². The Kier molecular flexibility index (Phi) is 6.88. The molecule has 0 bridgehead atoms. The number of ether oxygens (including phenoxy) is 2. The highest BCUT2D eigenvalue weighted by molar-refractivity contribution is 7.89. The molecule has 0 fully saturated rings. The van der Waals surface area contributed by atoms with Crippen molar-refractivity contribution in [3.8, 4) is 11.5 Å². The predicted octanol–water partition coefficient (Wildman–Crippen LogP) is 2.99. The SMILES string of the molecule is CCN(CC)S(=O)(=O)c1cc(C(=O)Oc2ccc(OC)cc2[N+](=O)[O-])ccc1F. The largest absolute Gasteiger partial charge is 0.496 e. The van der Waals surface area contributed by atoms with Crippen LogP contribution in [0.2, 0.25) is 0 Å². The molecule has 156 valence electrons. The number of nitro benzene ring substituents is 1. The molecule has 0 N–H and O–H groups in total. The minimum atomic E-state index is -4.17. The third-order valence-corrected chi connectivity index (χ3v) is 6.12. The number of nitrogens with zero attached hydrogens (tertiary/aromatic N) is 2. The molecule has 2 rings (SSSR count). The van der Waals surface area contributed by atoms with Crippen LogP contribution in [0.25, 0.3) is 0 Å². The molecule has 9 nitrogen and oxygen atoms in total. The summed E-state index contributed by atoms with van der Waals surface area (Å²) in [6, 6.07) is 6.32. The minimum absolute atomic E-state index is 0.116. The summed E-state index contributed by atoms with van der Waals surface area (Å²) in [6.45, 7) is 3.43. The van der Waals surface area contributed by atoms with Crippen molar-refractivity contribution in [1.29, 1.82) is 0 Å². The van der Waals surface area contributed by atoms with E-state index >= 15 is 0 Å². The van der Waals surface area contributed by atoms with Crippen LogP contribution in [0.15, 0.2) is 41.3 Å². The molecule has 0 spiro atoms. The fraction of sp³-hybridized carbons (Fsp3) is 0.278. The van der Waals surface area contributed by atoms with Gasteiger partial charge in [-0.3, -0.25) is 10.1 Å². The third kappa shape index (κ3) is 4.69. The molecule has 0 amide bonds. The first-order valence-corrected chi connectivity index (χ1v) is 9.94. The predicted molar refractivity (Wildman–Crippen MR) is 101 cm³/mol. The van der Waals surface area contributed by atoms with Crippen LogP contribution in [0.3, 0.4) is 0 Å². The zero-order valence-electron chi connectivity index (χ0n) is 15.9.